The average Bonchev–Trinajstić information content (AvgIpc) is 3.42. The predicted octanol–water partition coefficient (Wildman–Crippen LogP) is -0.585. The second-order valence-electron chi connectivity index (χ2n) is 20.7. The van der Waals surface area contributed by atoms with Gasteiger partial charge in [0.05, 0.1) is 18.0 Å². The van der Waals surface area contributed by atoms with Crippen molar-refractivity contribution in [3.63, 3.8) is 0 Å². The van der Waals surface area contributed by atoms with Crippen LogP contribution in [0.15, 0.2) is 29.2 Å². The van der Waals surface area contributed by atoms with Crippen LogP contribution in [0.5, 0.6) is 5.75 Å². The number of sulfonamides is 1. The number of rotatable bonds is 30. The Morgan fingerprint density at radius 1 is 0.716 bits per heavy atom. The van der Waals surface area contributed by atoms with E-state index in [-0.39, 0.29) is 80.1 Å². The highest BCUT2D eigenvalue weighted by atomic mass is 32.2. The molecule has 0 saturated carbocycles. The molecule has 0 radical (unpaired) electrons. The van der Waals surface area contributed by atoms with Gasteiger partial charge in [0.1, 0.15) is 35.4 Å². The van der Waals surface area contributed by atoms with Crippen molar-refractivity contribution in [1.82, 2.24) is 50.6 Å². The molecule has 0 spiro atoms. The molecule has 452 valence electrons. The zero-order chi connectivity index (χ0) is 59.1. The van der Waals surface area contributed by atoms with Crippen LogP contribution in [0.3, 0.4) is 0 Å². The minimum atomic E-state index is -4.79. The number of ether oxygens (including phenoxy) is 1. The van der Waals surface area contributed by atoms with E-state index in [1.165, 1.54) is 31.5 Å². The first-order chi connectivity index (χ1) is 38.5. The molecular formula is C52H81N11O16S2. The van der Waals surface area contributed by atoms with Crippen molar-refractivity contribution < 1.29 is 75.0 Å². The molecule has 2 bridgehead atoms. The molecule has 4 amide bonds. The third-order valence-corrected chi connectivity index (χ3v) is 16.7. The van der Waals surface area contributed by atoms with E-state index in [0.29, 0.717) is 78.0 Å². The molecule has 0 aliphatic carbocycles. The number of nitrogens with zero attached hydrogens (tertiary/aromatic N) is 5. The van der Waals surface area contributed by atoms with Crippen molar-refractivity contribution in [2.24, 2.45) is 0 Å². The van der Waals surface area contributed by atoms with E-state index in [1.54, 1.807) is 4.90 Å². The van der Waals surface area contributed by atoms with Crippen LogP contribution in [0.25, 0.3) is 0 Å². The van der Waals surface area contributed by atoms with Gasteiger partial charge in [0.2, 0.25) is 33.7 Å². The van der Waals surface area contributed by atoms with Crippen molar-refractivity contribution in [2.75, 3.05) is 116 Å². The van der Waals surface area contributed by atoms with Crippen LogP contribution in [0.4, 0.5) is 5.82 Å². The van der Waals surface area contributed by atoms with E-state index in [0.717, 1.165) is 50.4 Å². The van der Waals surface area contributed by atoms with Gasteiger partial charge in [-0.1, -0.05) is 6.07 Å². The molecule has 2 fully saturated rings. The third kappa shape index (κ3) is 23.4. The lowest BCUT2D eigenvalue weighted by Gasteiger charge is -2.37. The molecule has 2 saturated heterocycles. The Hall–Kier alpha value is -6.08. The van der Waals surface area contributed by atoms with Crippen LogP contribution in [-0.2, 0) is 66.5 Å². The van der Waals surface area contributed by atoms with Crippen molar-refractivity contribution in [1.29, 1.82) is 0 Å². The molecule has 3 aliphatic heterocycles. The number of carboxylic acid groups (broad SMARTS) is 3. The first-order valence-corrected chi connectivity index (χ1v) is 30.7. The highest BCUT2D eigenvalue weighted by Crippen LogP contribution is 2.27. The number of aliphatic carboxylic acids is 3. The standard InChI is InChI=1S/C52H81N11O16S2/c1-36-31-40(32-37(2)48(36)81(77,78)59-41(51(70)71)33-56-45(65)11-4-3-10-39-14-13-38-9-5-17-54-49(38)57-39)79-30-6-12-44(64)53-18-19-55-50(69)42(35-80(74,75)76)58-46(66)16-15-43(52(72)73)63-23-8-21-60-24-25-61(28-29-63)20-7-22-62(27-26-60)34-47(67)68/h13-14,31-32,41-43,59H,3-12,15-30,33-35H2,1-2H3,(H,53,64)(H,54,57)(H,55,69)(H,56,65)(H,58,66)(H,67,68)(H,70,71)(H,72,73)(H,74,75,76)/t41-,42?,43?/m0/s1. The van der Waals surface area contributed by atoms with Gasteiger partial charge in [0.25, 0.3) is 10.1 Å². The summed E-state index contributed by atoms with van der Waals surface area (Å²) in [6, 6.07) is 2.47. The smallest absolute Gasteiger partial charge is 0.323 e. The molecule has 2 aromatic rings. The Balaban J connectivity index is 1.00. The van der Waals surface area contributed by atoms with Gasteiger partial charge in [-0.2, -0.15) is 13.1 Å². The molecule has 3 aliphatic rings. The molecule has 81 heavy (non-hydrogen) atoms. The number of pyridine rings is 1. The number of hydrogen-bond acceptors (Lipinski definition) is 18. The largest absolute Gasteiger partial charge is 0.494 e. The lowest BCUT2D eigenvalue weighted by molar-refractivity contribution is -0.144. The molecule has 4 unspecified atom stereocenters. The van der Waals surface area contributed by atoms with E-state index in [2.05, 4.69) is 52.2 Å². The highest BCUT2D eigenvalue weighted by Gasteiger charge is 2.32. The van der Waals surface area contributed by atoms with E-state index in [4.69, 9.17) is 4.74 Å². The maximum absolute atomic E-state index is 13.5. The zero-order valence-corrected chi connectivity index (χ0v) is 47.9. The summed E-state index contributed by atoms with van der Waals surface area (Å²) in [7, 11) is -9.18. The summed E-state index contributed by atoms with van der Waals surface area (Å²) in [4.78, 5) is 100. The number of fused-ring (bicyclic) bond motifs is 4. The van der Waals surface area contributed by atoms with Crippen molar-refractivity contribution in [2.45, 2.75) is 114 Å². The fourth-order valence-corrected chi connectivity index (χ4v) is 12.4. The molecule has 5 atom stereocenters. The van der Waals surface area contributed by atoms with E-state index in [9.17, 15) is 70.3 Å². The normalized spacial score (nSPS) is 18.6. The Kier molecular flexibility index (Phi) is 26.4. The number of hydrogen-bond donors (Lipinski definition) is 10. The number of unbranched alkanes of at least 4 members (excludes halogenated alkanes) is 1. The lowest BCUT2D eigenvalue weighted by Crippen LogP contribution is -2.52. The summed E-state index contributed by atoms with van der Waals surface area (Å²) < 4.78 is 68.3. The monoisotopic (exact) mass is 1180 g/mol. The number of benzene rings is 1. The zero-order valence-electron chi connectivity index (χ0n) is 46.3. The summed E-state index contributed by atoms with van der Waals surface area (Å²) in [5, 5.41) is 42.6. The van der Waals surface area contributed by atoms with Crippen LogP contribution in [0.2, 0.25) is 0 Å². The fraction of sp³-hybridized carbons (Fsp3) is 0.654. The molecule has 5 rings (SSSR count). The van der Waals surface area contributed by atoms with Gasteiger partial charge < -0.3 is 56.4 Å². The Bertz CT molecular complexity index is 2700. The quantitative estimate of drug-likeness (QED) is 0.0345. The van der Waals surface area contributed by atoms with E-state index in [1.807, 2.05) is 11.0 Å². The van der Waals surface area contributed by atoms with Crippen molar-refractivity contribution in [3.05, 3.63) is 46.6 Å². The average molecular weight is 1180 g/mol. The van der Waals surface area contributed by atoms with Gasteiger partial charge in [-0.05, 0) is 120 Å². The Morgan fingerprint density at radius 3 is 2.05 bits per heavy atom. The van der Waals surface area contributed by atoms with Gasteiger partial charge in [0, 0.05) is 103 Å². The molecular weight excluding hydrogens is 1100 g/mol. The van der Waals surface area contributed by atoms with Crippen molar-refractivity contribution >= 4 is 67.5 Å². The number of nitrogens with one attached hydrogen (secondary N) is 6. The Morgan fingerprint density at radius 2 is 1.37 bits per heavy atom. The fourth-order valence-electron chi connectivity index (χ4n) is 10.1. The number of amides is 4. The van der Waals surface area contributed by atoms with Crippen molar-refractivity contribution in [3.8, 4) is 5.75 Å². The lowest BCUT2D eigenvalue weighted by atomic mass is 10.1. The summed E-state index contributed by atoms with van der Waals surface area (Å²) in [5.74, 6) is -6.14. The second kappa shape index (κ2) is 32.5. The van der Waals surface area contributed by atoms with Gasteiger partial charge in [-0.15, -0.1) is 0 Å². The van der Waals surface area contributed by atoms with E-state index >= 15 is 0 Å². The first kappa shape index (κ1) is 65.7. The number of carbonyl (C=O) groups excluding carboxylic acids is 4. The molecule has 4 heterocycles. The minimum Gasteiger partial charge on any atom is -0.494 e. The topological polar surface area (TPSA) is 376 Å². The van der Waals surface area contributed by atoms with Gasteiger partial charge in [-0.25, -0.2) is 13.4 Å². The number of carboxylic acids is 3. The highest BCUT2D eigenvalue weighted by molar-refractivity contribution is 7.89. The first-order valence-electron chi connectivity index (χ1n) is 27.6. The summed E-state index contributed by atoms with van der Waals surface area (Å²) in [5.41, 5.74) is 2.59. The maximum Gasteiger partial charge on any atom is 0.323 e. The molecule has 1 aromatic carbocycles. The van der Waals surface area contributed by atoms with Crippen LogP contribution in [0, 0.1) is 13.8 Å². The Labute approximate surface area is 473 Å². The van der Waals surface area contributed by atoms with Crippen LogP contribution < -0.4 is 36.0 Å². The number of carbonyl (C=O) groups is 7. The summed E-state index contributed by atoms with van der Waals surface area (Å²) in [6.45, 7) is 9.23. The van der Waals surface area contributed by atoms with Gasteiger partial charge in [-0.3, -0.25) is 47.9 Å². The number of aryl methyl sites for hydroxylation is 4. The van der Waals surface area contributed by atoms with Gasteiger partial charge in [0.15, 0.2) is 0 Å². The summed E-state index contributed by atoms with van der Waals surface area (Å²) in [6.07, 6.45) is 5.03. The summed E-state index contributed by atoms with van der Waals surface area (Å²) >= 11 is 0. The van der Waals surface area contributed by atoms with Crippen LogP contribution >= 0.6 is 0 Å². The van der Waals surface area contributed by atoms with Crippen LogP contribution in [0.1, 0.15) is 86.6 Å². The number of aromatic nitrogens is 1. The predicted molar refractivity (Wildman–Crippen MR) is 297 cm³/mol. The SMILES string of the molecule is Cc1cc(OCCCC(=O)NCCNC(=O)C(CS(=O)(=O)O)NC(=O)CCC(C(=O)O)N2CCCN3CCN(CCCN(CC(=O)O)CC3)CC2)cc(C)c1S(=O)(=O)N[C@@H](CNC(=O)CCCCc1ccc2c(n1)NCCC2)C(=O)O. The minimum absolute atomic E-state index is 0.0259. The van der Waals surface area contributed by atoms with E-state index < -0.39 is 92.1 Å². The molecule has 1 aromatic heterocycles. The van der Waals surface area contributed by atoms with Crippen LogP contribution in [-0.4, -0.2) is 231 Å². The second-order valence-corrected chi connectivity index (χ2v) is 23.8. The van der Waals surface area contributed by atoms with Gasteiger partial charge >= 0.3 is 17.9 Å². The maximum atomic E-state index is 13.5. The number of anilines is 1. The third-order valence-electron chi connectivity index (χ3n) is 14.2. The molecule has 10 N–H and O–H groups in total. The molecule has 29 heteroatoms. The molecule has 27 nitrogen and oxygen atoms in total.